The van der Waals surface area contributed by atoms with Crippen molar-refractivity contribution in [1.82, 2.24) is 0 Å². The Balaban J connectivity index is 3.11. The number of nitrogens with two attached hydrogens (primary N) is 1. The average molecular weight is 231 g/mol. The fourth-order valence-corrected chi connectivity index (χ4v) is 1.20. The topological polar surface area (TPSA) is 72.5 Å². The minimum Gasteiger partial charge on any atom is -0.507 e. The molecule has 88 valence electrons. The highest BCUT2D eigenvalue weighted by atomic mass is 19.3. The maximum atomic E-state index is 13.7. The van der Waals surface area contributed by atoms with E-state index in [1.807, 2.05) is 0 Å². The summed E-state index contributed by atoms with van der Waals surface area (Å²) < 4.78 is 31.5. The first kappa shape index (κ1) is 12.4. The lowest BCUT2D eigenvalue weighted by molar-refractivity contribution is -0.153. The molecular formula is C10H11F2NO3. The quantitative estimate of drug-likeness (QED) is 0.761. The van der Waals surface area contributed by atoms with E-state index in [0.29, 0.717) is 0 Å². The minimum absolute atomic E-state index is 0.619. The molecule has 1 atom stereocenters. The van der Waals surface area contributed by atoms with Crippen LogP contribution in [0.15, 0.2) is 24.3 Å². The lowest BCUT2D eigenvalue weighted by Gasteiger charge is -2.22. The third-order valence-electron chi connectivity index (χ3n) is 2.11. The van der Waals surface area contributed by atoms with Gasteiger partial charge in [-0.05, 0) is 12.1 Å². The van der Waals surface area contributed by atoms with Crippen LogP contribution in [0.5, 0.6) is 5.75 Å². The van der Waals surface area contributed by atoms with Gasteiger partial charge >= 0.3 is 11.9 Å². The largest absolute Gasteiger partial charge is 0.507 e. The third-order valence-corrected chi connectivity index (χ3v) is 2.11. The van der Waals surface area contributed by atoms with Crippen LogP contribution in [0.3, 0.4) is 0 Å². The fourth-order valence-electron chi connectivity index (χ4n) is 1.20. The molecular weight excluding hydrogens is 220 g/mol. The van der Waals surface area contributed by atoms with Crippen molar-refractivity contribution in [2.75, 3.05) is 7.11 Å². The highest BCUT2D eigenvalue weighted by Gasteiger charge is 2.45. The van der Waals surface area contributed by atoms with Crippen LogP contribution in [0.2, 0.25) is 0 Å². The predicted octanol–water partition coefficient (Wildman–Crippen LogP) is 0.984. The average Bonchev–Trinajstić information content (AvgIpc) is 2.27. The molecule has 1 aromatic carbocycles. The van der Waals surface area contributed by atoms with Gasteiger partial charge in [-0.1, -0.05) is 12.1 Å². The Morgan fingerprint density at radius 2 is 2.06 bits per heavy atom. The van der Waals surface area contributed by atoms with Gasteiger partial charge in [-0.3, -0.25) is 4.79 Å². The summed E-state index contributed by atoms with van der Waals surface area (Å²) in [6, 6.07) is 2.64. The van der Waals surface area contributed by atoms with Crippen molar-refractivity contribution in [3.8, 4) is 5.75 Å². The van der Waals surface area contributed by atoms with Crippen LogP contribution >= 0.6 is 0 Å². The number of aromatic hydroxyl groups is 1. The van der Waals surface area contributed by atoms with E-state index >= 15 is 0 Å². The molecule has 16 heavy (non-hydrogen) atoms. The predicted molar refractivity (Wildman–Crippen MR) is 52.0 cm³/mol. The molecule has 6 heteroatoms. The Bertz CT molecular complexity index is 395. The van der Waals surface area contributed by atoms with E-state index in [4.69, 9.17) is 5.73 Å². The van der Waals surface area contributed by atoms with E-state index in [2.05, 4.69) is 4.74 Å². The minimum atomic E-state index is -3.68. The molecule has 4 nitrogen and oxygen atoms in total. The summed E-state index contributed by atoms with van der Waals surface area (Å²) in [7, 11) is 0.961. The maximum Gasteiger partial charge on any atom is 0.329 e. The Morgan fingerprint density at radius 3 is 2.56 bits per heavy atom. The van der Waals surface area contributed by atoms with Gasteiger partial charge in [-0.15, -0.1) is 0 Å². The van der Waals surface area contributed by atoms with Gasteiger partial charge in [-0.25, -0.2) is 0 Å². The number of carbonyl (C=O) groups is 1. The molecule has 1 aromatic rings. The summed E-state index contributed by atoms with van der Waals surface area (Å²) in [5, 5.41) is 9.26. The number of halogens is 2. The van der Waals surface area contributed by atoms with Gasteiger partial charge in [0.05, 0.1) is 12.7 Å². The van der Waals surface area contributed by atoms with Gasteiger partial charge in [0, 0.05) is 0 Å². The number of methoxy groups -OCH3 is 1. The van der Waals surface area contributed by atoms with Crippen molar-refractivity contribution in [3.05, 3.63) is 29.8 Å². The first-order valence-electron chi connectivity index (χ1n) is 4.41. The summed E-state index contributed by atoms with van der Waals surface area (Å²) in [5.74, 6) is -5.54. The van der Waals surface area contributed by atoms with Crippen molar-refractivity contribution in [2.45, 2.75) is 12.0 Å². The molecule has 3 N–H and O–H groups in total. The monoisotopic (exact) mass is 231 g/mol. The van der Waals surface area contributed by atoms with Crippen LogP contribution in [-0.2, 0) is 15.5 Å². The van der Waals surface area contributed by atoms with Gasteiger partial charge in [0.15, 0.2) is 6.04 Å². The molecule has 0 aliphatic rings. The zero-order valence-electron chi connectivity index (χ0n) is 8.48. The molecule has 0 aromatic heterocycles. The number of phenolic OH excluding ortho intramolecular Hbond substituents is 1. The molecule has 0 bridgehead atoms. The SMILES string of the molecule is COC(=O)C(N)C(F)(F)c1ccccc1O. The summed E-state index contributed by atoms with van der Waals surface area (Å²) in [6.45, 7) is 0. The molecule has 1 unspecified atom stereocenters. The van der Waals surface area contributed by atoms with Crippen LogP contribution in [-0.4, -0.2) is 24.2 Å². The third kappa shape index (κ3) is 2.11. The number of esters is 1. The van der Waals surface area contributed by atoms with Crippen molar-refractivity contribution in [2.24, 2.45) is 5.73 Å². The van der Waals surface area contributed by atoms with Crippen molar-refractivity contribution >= 4 is 5.97 Å². The van der Waals surface area contributed by atoms with E-state index in [-0.39, 0.29) is 0 Å². The second-order valence-corrected chi connectivity index (χ2v) is 3.14. The van der Waals surface area contributed by atoms with Crippen LogP contribution in [0.1, 0.15) is 5.56 Å². The maximum absolute atomic E-state index is 13.7. The summed E-state index contributed by atoms with van der Waals surface area (Å²) in [6.07, 6.45) is 0. The number of para-hydroxylation sites is 1. The smallest absolute Gasteiger partial charge is 0.329 e. The molecule has 0 radical (unpaired) electrons. The van der Waals surface area contributed by atoms with Gasteiger partial charge in [0.1, 0.15) is 5.75 Å². The van der Waals surface area contributed by atoms with Crippen LogP contribution in [0.25, 0.3) is 0 Å². The molecule has 0 aliphatic carbocycles. The number of ether oxygens (including phenoxy) is 1. The Hall–Kier alpha value is -1.69. The number of hydrogen-bond donors (Lipinski definition) is 2. The lowest BCUT2D eigenvalue weighted by atomic mass is 10.0. The fraction of sp³-hybridized carbons (Fsp3) is 0.300. The second-order valence-electron chi connectivity index (χ2n) is 3.14. The summed E-state index contributed by atoms with van der Waals surface area (Å²) in [4.78, 5) is 10.9. The highest BCUT2D eigenvalue weighted by Crippen LogP contribution is 2.36. The van der Waals surface area contributed by atoms with Crippen LogP contribution in [0, 0.1) is 0 Å². The molecule has 0 aliphatic heterocycles. The van der Waals surface area contributed by atoms with E-state index in [1.165, 1.54) is 12.1 Å². The number of carbonyl (C=O) groups excluding carboxylic acids is 1. The standard InChI is InChI=1S/C10H11F2NO3/c1-16-9(15)8(13)10(11,12)6-4-2-3-5-7(6)14/h2-5,8,14H,13H2,1H3. The summed E-state index contributed by atoms with van der Waals surface area (Å²) in [5.41, 5.74) is 4.37. The van der Waals surface area contributed by atoms with E-state index in [9.17, 15) is 18.7 Å². The van der Waals surface area contributed by atoms with Crippen molar-refractivity contribution < 1.29 is 23.4 Å². The van der Waals surface area contributed by atoms with E-state index in [0.717, 1.165) is 19.2 Å². The normalized spacial score (nSPS) is 13.2. The number of rotatable bonds is 3. The highest BCUT2D eigenvalue weighted by molar-refractivity contribution is 5.77. The molecule has 0 heterocycles. The Labute approximate surface area is 90.6 Å². The summed E-state index contributed by atoms with van der Waals surface area (Å²) >= 11 is 0. The number of phenols is 1. The molecule has 0 amide bonds. The molecule has 0 saturated carbocycles. The molecule has 1 rings (SSSR count). The molecule has 0 saturated heterocycles. The van der Waals surface area contributed by atoms with E-state index in [1.54, 1.807) is 0 Å². The molecule has 0 fully saturated rings. The first-order chi connectivity index (χ1) is 7.41. The zero-order valence-corrected chi connectivity index (χ0v) is 8.48. The van der Waals surface area contributed by atoms with Gasteiger partial charge in [0.2, 0.25) is 0 Å². The number of hydrogen-bond acceptors (Lipinski definition) is 4. The molecule has 0 spiro atoms. The zero-order chi connectivity index (χ0) is 12.3. The van der Waals surface area contributed by atoms with Gasteiger partial charge in [-0.2, -0.15) is 8.78 Å². The van der Waals surface area contributed by atoms with E-state index < -0.39 is 29.2 Å². The Kier molecular flexibility index (Phi) is 3.44. The number of alkyl halides is 2. The number of benzene rings is 1. The Morgan fingerprint density at radius 1 is 1.50 bits per heavy atom. The second kappa shape index (κ2) is 4.44. The van der Waals surface area contributed by atoms with Gasteiger partial charge < -0.3 is 15.6 Å². The van der Waals surface area contributed by atoms with Crippen molar-refractivity contribution in [1.29, 1.82) is 0 Å². The van der Waals surface area contributed by atoms with Crippen molar-refractivity contribution in [3.63, 3.8) is 0 Å². The first-order valence-corrected chi connectivity index (χ1v) is 4.41. The van der Waals surface area contributed by atoms with Crippen LogP contribution < -0.4 is 5.73 Å². The van der Waals surface area contributed by atoms with Crippen LogP contribution in [0.4, 0.5) is 8.78 Å². The van der Waals surface area contributed by atoms with Gasteiger partial charge in [0.25, 0.3) is 0 Å². The lowest BCUT2D eigenvalue weighted by Crippen LogP contribution is -2.45.